The molecule has 0 spiro atoms. The van der Waals surface area contributed by atoms with Crippen molar-refractivity contribution in [1.82, 2.24) is 5.01 Å². The molecule has 0 saturated heterocycles. The summed E-state index contributed by atoms with van der Waals surface area (Å²) in [7, 11) is 0. The van der Waals surface area contributed by atoms with Crippen molar-refractivity contribution >= 4 is 5.71 Å². The minimum atomic E-state index is 0.330. The van der Waals surface area contributed by atoms with Crippen LogP contribution in [0.2, 0.25) is 0 Å². The van der Waals surface area contributed by atoms with Gasteiger partial charge in [0, 0.05) is 11.6 Å². The van der Waals surface area contributed by atoms with Gasteiger partial charge < -0.3 is 0 Å². The van der Waals surface area contributed by atoms with Crippen molar-refractivity contribution in [3.63, 3.8) is 0 Å². The van der Waals surface area contributed by atoms with Crippen molar-refractivity contribution in [2.24, 2.45) is 11.0 Å². The Labute approximate surface area is 85.7 Å². The van der Waals surface area contributed by atoms with Gasteiger partial charge in [0.05, 0.1) is 11.6 Å². The fourth-order valence-electron chi connectivity index (χ4n) is 3.22. The van der Waals surface area contributed by atoms with Gasteiger partial charge in [0.25, 0.3) is 0 Å². The van der Waals surface area contributed by atoms with Crippen LogP contribution in [0.1, 0.15) is 39.5 Å². The molecule has 0 aromatic rings. The molecule has 2 atom stereocenters. The van der Waals surface area contributed by atoms with E-state index in [0.717, 1.165) is 5.92 Å². The van der Waals surface area contributed by atoms with Gasteiger partial charge in [0.15, 0.2) is 0 Å². The average Bonchev–Trinajstić information content (AvgIpc) is 2.94. The molecule has 76 valence electrons. The largest absolute Gasteiger partial charge is 0.280 e. The second-order valence-corrected chi connectivity index (χ2v) is 5.12. The average molecular weight is 190 g/mol. The first-order valence-corrected chi connectivity index (χ1v) is 5.74. The number of fused-ring (bicyclic) bond motifs is 1. The Kier molecular flexibility index (Phi) is 1.59. The highest BCUT2D eigenvalue weighted by Gasteiger charge is 2.49. The maximum Gasteiger partial charge on any atom is 0.0840 e. The van der Waals surface area contributed by atoms with Crippen molar-refractivity contribution in [2.45, 2.75) is 51.1 Å². The van der Waals surface area contributed by atoms with Crippen molar-refractivity contribution in [1.29, 1.82) is 0 Å². The molecule has 0 bridgehead atoms. The van der Waals surface area contributed by atoms with Gasteiger partial charge in [-0.3, -0.25) is 5.01 Å². The van der Waals surface area contributed by atoms with Gasteiger partial charge >= 0.3 is 0 Å². The van der Waals surface area contributed by atoms with Crippen LogP contribution in [0.25, 0.3) is 0 Å². The summed E-state index contributed by atoms with van der Waals surface area (Å²) in [6.07, 6.45) is 9.92. The third-order valence-corrected chi connectivity index (χ3v) is 4.12. The molecule has 14 heavy (non-hydrogen) atoms. The van der Waals surface area contributed by atoms with Crippen molar-refractivity contribution in [3.05, 3.63) is 12.2 Å². The van der Waals surface area contributed by atoms with Crippen LogP contribution < -0.4 is 0 Å². The van der Waals surface area contributed by atoms with E-state index >= 15 is 0 Å². The van der Waals surface area contributed by atoms with E-state index in [4.69, 9.17) is 5.10 Å². The lowest BCUT2D eigenvalue weighted by Gasteiger charge is -2.42. The third kappa shape index (κ3) is 0.999. The Morgan fingerprint density at radius 2 is 2.21 bits per heavy atom. The van der Waals surface area contributed by atoms with Gasteiger partial charge in [0.1, 0.15) is 0 Å². The Morgan fingerprint density at radius 3 is 2.93 bits per heavy atom. The van der Waals surface area contributed by atoms with E-state index in [1.165, 1.54) is 31.4 Å². The maximum atomic E-state index is 4.75. The smallest absolute Gasteiger partial charge is 0.0840 e. The minimum Gasteiger partial charge on any atom is -0.280 e. The van der Waals surface area contributed by atoms with Crippen LogP contribution in [0.15, 0.2) is 17.3 Å². The predicted octanol–water partition coefficient (Wildman–Crippen LogP) is 2.57. The van der Waals surface area contributed by atoms with Gasteiger partial charge in [0.2, 0.25) is 0 Å². The second-order valence-electron chi connectivity index (χ2n) is 5.12. The summed E-state index contributed by atoms with van der Waals surface area (Å²) < 4.78 is 0. The summed E-state index contributed by atoms with van der Waals surface area (Å²) in [6.45, 7) is 4.60. The van der Waals surface area contributed by atoms with Gasteiger partial charge in [-0.1, -0.05) is 25.0 Å². The summed E-state index contributed by atoms with van der Waals surface area (Å²) in [5, 5.41) is 7.11. The minimum absolute atomic E-state index is 0.330. The fourth-order valence-corrected chi connectivity index (χ4v) is 3.22. The molecule has 0 radical (unpaired) electrons. The lowest BCUT2D eigenvalue weighted by Crippen LogP contribution is -2.48. The van der Waals surface area contributed by atoms with Crippen LogP contribution in [0.5, 0.6) is 0 Å². The topological polar surface area (TPSA) is 15.6 Å². The van der Waals surface area contributed by atoms with Crippen LogP contribution in [0.4, 0.5) is 0 Å². The molecule has 1 aliphatic heterocycles. The highest BCUT2D eigenvalue weighted by molar-refractivity contribution is 5.87. The maximum absolute atomic E-state index is 4.75. The number of hydrazone groups is 1. The summed E-state index contributed by atoms with van der Waals surface area (Å²) >= 11 is 0. The van der Waals surface area contributed by atoms with Crippen LogP contribution in [0.3, 0.4) is 0 Å². The normalized spacial score (nSPS) is 41.1. The third-order valence-electron chi connectivity index (χ3n) is 4.12. The summed E-state index contributed by atoms with van der Waals surface area (Å²) in [5.41, 5.74) is 1.69. The second kappa shape index (κ2) is 2.62. The van der Waals surface area contributed by atoms with Crippen molar-refractivity contribution in [3.8, 4) is 0 Å². The molecule has 2 nitrogen and oxygen atoms in total. The zero-order valence-electron chi connectivity index (χ0n) is 9.03. The van der Waals surface area contributed by atoms with Crippen LogP contribution in [0, 0.1) is 5.92 Å². The lowest BCUT2D eigenvalue weighted by atomic mass is 9.72. The van der Waals surface area contributed by atoms with E-state index in [2.05, 4.69) is 31.0 Å². The van der Waals surface area contributed by atoms with Crippen molar-refractivity contribution in [2.75, 3.05) is 0 Å². The molecule has 3 rings (SSSR count). The summed E-state index contributed by atoms with van der Waals surface area (Å²) in [4.78, 5) is 0. The molecule has 3 aliphatic rings. The zero-order valence-corrected chi connectivity index (χ0v) is 9.03. The number of nitrogens with zero attached hydrogens (tertiary/aromatic N) is 2. The molecule has 1 fully saturated rings. The Hall–Kier alpha value is -0.790. The number of hydrogen-bond donors (Lipinski definition) is 0. The fraction of sp³-hybridized carbons (Fsp3) is 0.750. The van der Waals surface area contributed by atoms with E-state index in [9.17, 15) is 0 Å². The standard InChI is InChI=1S/C12H18N2/c1-9-11-5-3-4-8-12(11,2)14(13-9)10-6-7-10/h6-7,10-11H,3-5,8H2,1-2H3. The molecule has 2 heteroatoms. The quantitative estimate of drug-likeness (QED) is 0.580. The van der Waals surface area contributed by atoms with E-state index in [1.807, 2.05) is 0 Å². The molecular weight excluding hydrogens is 172 g/mol. The molecule has 0 aromatic carbocycles. The Balaban J connectivity index is 1.92. The summed E-state index contributed by atoms with van der Waals surface area (Å²) in [6, 6.07) is 0.540. The molecule has 1 heterocycles. The highest BCUT2D eigenvalue weighted by atomic mass is 15.5. The van der Waals surface area contributed by atoms with E-state index < -0.39 is 0 Å². The Morgan fingerprint density at radius 1 is 1.43 bits per heavy atom. The molecule has 2 aliphatic carbocycles. The molecule has 0 aromatic heterocycles. The van der Waals surface area contributed by atoms with Crippen LogP contribution in [-0.2, 0) is 0 Å². The number of hydrogen-bond acceptors (Lipinski definition) is 2. The van der Waals surface area contributed by atoms with E-state index in [0.29, 0.717) is 11.6 Å². The molecule has 0 amide bonds. The zero-order chi connectivity index (χ0) is 9.76. The number of rotatable bonds is 1. The van der Waals surface area contributed by atoms with Gasteiger partial charge in [-0.2, -0.15) is 5.10 Å². The first-order chi connectivity index (χ1) is 6.72. The van der Waals surface area contributed by atoms with Gasteiger partial charge in [-0.25, -0.2) is 0 Å². The predicted molar refractivity (Wildman–Crippen MR) is 58.2 cm³/mol. The first kappa shape index (κ1) is 8.51. The van der Waals surface area contributed by atoms with E-state index in [1.54, 1.807) is 0 Å². The SMILES string of the molecule is CC1=NN(C2C=C2)C2(C)CCCCC12. The van der Waals surface area contributed by atoms with Gasteiger partial charge in [-0.05, 0) is 26.7 Å². The highest BCUT2D eigenvalue weighted by Crippen LogP contribution is 2.46. The Bertz CT molecular complexity index is 312. The van der Waals surface area contributed by atoms with Crippen LogP contribution in [-0.4, -0.2) is 22.3 Å². The van der Waals surface area contributed by atoms with E-state index in [-0.39, 0.29) is 0 Å². The molecular formula is C12H18N2. The van der Waals surface area contributed by atoms with Crippen molar-refractivity contribution < 1.29 is 0 Å². The molecule has 1 saturated carbocycles. The molecule has 2 unspecified atom stereocenters. The van der Waals surface area contributed by atoms with Crippen LogP contribution >= 0.6 is 0 Å². The molecule has 0 N–H and O–H groups in total. The van der Waals surface area contributed by atoms with Gasteiger partial charge in [-0.15, -0.1) is 0 Å². The monoisotopic (exact) mass is 190 g/mol. The summed E-state index contributed by atoms with van der Waals surface area (Å²) in [5.74, 6) is 0.721. The first-order valence-electron chi connectivity index (χ1n) is 5.74. The lowest BCUT2D eigenvalue weighted by molar-refractivity contribution is 0.0664.